The molecule has 0 nitrogen and oxygen atoms in total. The van der Waals surface area contributed by atoms with E-state index in [1.165, 1.54) is 25.7 Å². The van der Waals surface area contributed by atoms with E-state index < -0.39 is 8.07 Å². The molecule has 2 atom stereocenters. The van der Waals surface area contributed by atoms with Crippen LogP contribution in [0.1, 0.15) is 46.5 Å². The molecule has 0 radical (unpaired) electrons. The van der Waals surface area contributed by atoms with E-state index in [-0.39, 0.29) is 0 Å². The van der Waals surface area contributed by atoms with E-state index in [0.717, 1.165) is 5.92 Å². The van der Waals surface area contributed by atoms with Crippen LogP contribution in [0.3, 0.4) is 0 Å². The third-order valence-electron chi connectivity index (χ3n) is 4.94. The molecule has 0 bridgehead atoms. The van der Waals surface area contributed by atoms with Crippen molar-refractivity contribution in [1.29, 1.82) is 0 Å². The third-order valence-corrected chi connectivity index (χ3v) is 6.21. The summed E-state index contributed by atoms with van der Waals surface area (Å²) >= 11 is 0. The van der Waals surface area contributed by atoms with Gasteiger partial charge < -0.3 is 0 Å². The minimum Gasteiger partial charge on any atom is -0.0958 e. The van der Waals surface area contributed by atoms with E-state index in [9.17, 15) is 0 Å². The molecule has 0 amide bonds. The largest absolute Gasteiger partial charge is 0.0958 e. The van der Waals surface area contributed by atoms with Crippen molar-refractivity contribution in [3.8, 4) is 0 Å². The Labute approximate surface area is 115 Å². The summed E-state index contributed by atoms with van der Waals surface area (Å²) in [5, 5.41) is 0. The molecule has 0 unspecified atom stereocenters. The Kier molecular flexibility index (Phi) is 3.42. The van der Waals surface area contributed by atoms with Crippen molar-refractivity contribution in [2.45, 2.75) is 66.1 Å². The maximum absolute atomic E-state index is 2.65. The van der Waals surface area contributed by atoms with Crippen LogP contribution in [-0.4, -0.2) is 8.07 Å². The van der Waals surface area contributed by atoms with Crippen molar-refractivity contribution in [1.82, 2.24) is 0 Å². The van der Waals surface area contributed by atoms with E-state index in [1.807, 2.05) is 0 Å². The van der Waals surface area contributed by atoms with Gasteiger partial charge in [0.15, 0.2) is 0 Å². The van der Waals surface area contributed by atoms with Crippen LogP contribution < -0.4 is 0 Å². The maximum atomic E-state index is 2.65. The monoisotopic (exact) mass is 262 g/mol. The van der Waals surface area contributed by atoms with E-state index in [1.54, 1.807) is 5.57 Å². The lowest BCUT2D eigenvalue weighted by atomic mass is 9.62. The van der Waals surface area contributed by atoms with Crippen molar-refractivity contribution in [2.24, 2.45) is 16.7 Å². The molecule has 1 spiro atoms. The summed E-state index contributed by atoms with van der Waals surface area (Å²) in [6.45, 7) is 14.6. The Bertz CT molecular complexity index is 381. The van der Waals surface area contributed by atoms with Gasteiger partial charge in [-0.2, -0.15) is 0 Å². The fourth-order valence-corrected chi connectivity index (χ4v) is 5.27. The van der Waals surface area contributed by atoms with Gasteiger partial charge in [0.05, 0.1) is 8.07 Å². The first kappa shape index (κ1) is 14.1. The lowest BCUT2D eigenvalue weighted by Gasteiger charge is -2.42. The molecule has 18 heavy (non-hydrogen) atoms. The Morgan fingerprint density at radius 2 is 1.94 bits per heavy atom. The summed E-state index contributed by atoms with van der Waals surface area (Å²) in [4.78, 5) is 0. The summed E-state index contributed by atoms with van der Waals surface area (Å²) < 4.78 is 0. The molecule has 0 aromatic carbocycles. The highest BCUT2D eigenvalue weighted by molar-refractivity contribution is 6.81. The van der Waals surface area contributed by atoms with E-state index in [4.69, 9.17) is 0 Å². The molecule has 2 aliphatic rings. The molecule has 1 saturated carbocycles. The van der Waals surface area contributed by atoms with Gasteiger partial charge in [0.2, 0.25) is 0 Å². The molecule has 102 valence electrons. The van der Waals surface area contributed by atoms with E-state index in [2.05, 4.69) is 58.3 Å². The Balaban J connectivity index is 2.18. The molecule has 2 aliphatic carbocycles. The first-order valence-electron chi connectivity index (χ1n) is 7.52. The Morgan fingerprint density at radius 3 is 2.50 bits per heavy atom. The lowest BCUT2D eigenvalue weighted by molar-refractivity contribution is 0.148. The summed E-state index contributed by atoms with van der Waals surface area (Å²) in [7, 11) is -1.04. The SMILES string of the molecule is C[C@H]1C=C[C@@]2(CC/C(=C\[Si](C)(C)C)C2)CC1(C)C. The quantitative estimate of drug-likeness (QED) is 0.427. The minimum absolute atomic E-state index is 0.476. The second-order valence-electron chi connectivity index (χ2n) is 8.52. The molecule has 0 N–H and O–H groups in total. The normalized spacial score (nSPS) is 37.7. The molecule has 0 aliphatic heterocycles. The third kappa shape index (κ3) is 2.99. The molecular weight excluding hydrogens is 232 g/mol. The fourth-order valence-electron chi connectivity index (χ4n) is 3.80. The van der Waals surface area contributed by atoms with Gasteiger partial charge in [0.1, 0.15) is 0 Å². The van der Waals surface area contributed by atoms with Crippen LogP contribution >= 0.6 is 0 Å². The predicted molar refractivity (Wildman–Crippen MR) is 84.4 cm³/mol. The highest BCUT2D eigenvalue weighted by atomic mass is 28.3. The molecule has 1 fully saturated rings. The zero-order valence-electron chi connectivity index (χ0n) is 13.1. The van der Waals surface area contributed by atoms with Crippen molar-refractivity contribution in [2.75, 3.05) is 0 Å². The summed E-state index contributed by atoms with van der Waals surface area (Å²) in [5.74, 6) is 0.730. The highest BCUT2D eigenvalue weighted by Crippen LogP contribution is 2.54. The number of allylic oxidation sites excluding steroid dienone is 3. The second kappa shape index (κ2) is 4.37. The number of hydrogen-bond donors (Lipinski definition) is 0. The van der Waals surface area contributed by atoms with Gasteiger partial charge in [-0.3, -0.25) is 0 Å². The highest BCUT2D eigenvalue weighted by Gasteiger charge is 2.43. The summed E-state index contributed by atoms with van der Waals surface area (Å²) in [5.41, 5.74) is 5.38. The Hall–Kier alpha value is -0.303. The molecule has 0 aromatic heterocycles. The van der Waals surface area contributed by atoms with Gasteiger partial charge in [-0.1, -0.05) is 63.8 Å². The Morgan fingerprint density at radius 1 is 1.28 bits per heavy atom. The van der Waals surface area contributed by atoms with Crippen LogP contribution in [0.2, 0.25) is 19.6 Å². The lowest BCUT2D eigenvalue weighted by Crippen LogP contribution is -2.32. The first-order valence-corrected chi connectivity index (χ1v) is 11.1. The van der Waals surface area contributed by atoms with Crippen LogP contribution in [0, 0.1) is 16.7 Å². The topological polar surface area (TPSA) is 0 Å². The summed E-state index contributed by atoms with van der Waals surface area (Å²) in [6, 6.07) is 0. The van der Waals surface area contributed by atoms with Gasteiger partial charge >= 0.3 is 0 Å². The smallest absolute Gasteiger partial charge is 0.0686 e. The van der Waals surface area contributed by atoms with Crippen molar-refractivity contribution in [3.63, 3.8) is 0 Å². The van der Waals surface area contributed by atoms with Crippen molar-refractivity contribution in [3.05, 3.63) is 23.4 Å². The van der Waals surface area contributed by atoms with Gasteiger partial charge in [-0.05, 0) is 42.4 Å². The minimum atomic E-state index is -1.04. The fraction of sp³-hybridized carbons (Fsp3) is 0.765. The molecular formula is C17H30Si. The first-order chi connectivity index (χ1) is 8.12. The average Bonchev–Trinajstić information content (AvgIpc) is 2.53. The molecule has 0 aromatic rings. The van der Waals surface area contributed by atoms with Crippen LogP contribution in [-0.2, 0) is 0 Å². The zero-order chi connectivity index (χ0) is 13.6. The molecule has 1 heteroatoms. The second-order valence-corrected chi connectivity index (χ2v) is 13.5. The van der Waals surface area contributed by atoms with Gasteiger partial charge in [0.25, 0.3) is 0 Å². The molecule has 0 heterocycles. The predicted octanol–water partition coefficient (Wildman–Crippen LogP) is 5.58. The van der Waals surface area contributed by atoms with Crippen molar-refractivity contribution >= 4 is 8.07 Å². The van der Waals surface area contributed by atoms with Gasteiger partial charge in [0, 0.05) is 0 Å². The van der Waals surface area contributed by atoms with E-state index >= 15 is 0 Å². The molecule has 2 rings (SSSR count). The average molecular weight is 263 g/mol. The standard InChI is InChI=1S/C17H30Si/c1-14-7-9-17(13-16(14,2)3)10-8-15(11-17)12-18(4,5)6/h7,9,12,14H,8,10-11,13H2,1-6H3/b15-12+/t14-,17-/m0/s1. The van der Waals surface area contributed by atoms with Gasteiger partial charge in [-0.15, -0.1) is 0 Å². The van der Waals surface area contributed by atoms with Crippen LogP contribution in [0.15, 0.2) is 23.4 Å². The number of hydrogen-bond acceptors (Lipinski definition) is 0. The maximum Gasteiger partial charge on any atom is 0.0686 e. The van der Waals surface area contributed by atoms with Crippen LogP contribution in [0.5, 0.6) is 0 Å². The van der Waals surface area contributed by atoms with E-state index in [0.29, 0.717) is 10.8 Å². The number of rotatable bonds is 1. The van der Waals surface area contributed by atoms with Crippen molar-refractivity contribution < 1.29 is 0 Å². The molecule has 0 saturated heterocycles. The van der Waals surface area contributed by atoms with Crippen LogP contribution in [0.4, 0.5) is 0 Å². The zero-order valence-corrected chi connectivity index (χ0v) is 14.1. The van der Waals surface area contributed by atoms with Gasteiger partial charge in [-0.25, -0.2) is 0 Å². The summed E-state index contributed by atoms with van der Waals surface area (Å²) in [6.07, 6.45) is 10.5. The van der Waals surface area contributed by atoms with Crippen LogP contribution in [0.25, 0.3) is 0 Å².